The zero-order valence-corrected chi connectivity index (χ0v) is 15.8. The highest BCUT2D eigenvalue weighted by atomic mass is 32.2. The summed E-state index contributed by atoms with van der Waals surface area (Å²) >= 11 is 0. The van der Waals surface area contributed by atoms with Gasteiger partial charge in [-0.2, -0.15) is 0 Å². The van der Waals surface area contributed by atoms with Crippen molar-refractivity contribution in [2.45, 2.75) is 25.0 Å². The third-order valence-corrected chi connectivity index (χ3v) is 5.41. The summed E-state index contributed by atoms with van der Waals surface area (Å²) in [5.41, 5.74) is 7.59. The van der Waals surface area contributed by atoms with Gasteiger partial charge in [0.05, 0.1) is 19.2 Å². The van der Waals surface area contributed by atoms with Crippen LogP contribution in [0.2, 0.25) is 0 Å². The van der Waals surface area contributed by atoms with E-state index in [1.165, 1.54) is 11.7 Å². The van der Waals surface area contributed by atoms with Crippen LogP contribution in [0.15, 0.2) is 34.2 Å². The van der Waals surface area contributed by atoms with Crippen LogP contribution in [0, 0.1) is 4.78 Å². The summed E-state index contributed by atoms with van der Waals surface area (Å²) in [5, 5.41) is 0.329. The average molecular weight is 388 g/mol. The van der Waals surface area contributed by atoms with Crippen LogP contribution >= 0.6 is 0 Å². The molecule has 0 aliphatic rings. The molecule has 3 rings (SSSR count). The lowest BCUT2D eigenvalue weighted by atomic mass is 10.1. The van der Waals surface area contributed by atoms with Gasteiger partial charge in [0.25, 0.3) is 0 Å². The number of hydrogen-bond acceptors (Lipinski definition) is 7. The van der Waals surface area contributed by atoms with Crippen molar-refractivity contribution in [3.05, 3.63) is 45.9 Å². The molecule has 1 unspecified atom stereocenters. The fourth-order valence-electron chi connectivity index (χ4n) is 2.63. The second-order valence-corrected chi connectivity index (χ2v) is 7.44. The van der Waals surface area contributed by atoms with Crippen LogP contribution in [0.5, 0.6) is 0 Å². The summed E-state index contributed by atoms with van der Waals surface area (Å²) < 4.78 is 14.3. The number of anilines is 1. The molecule has 0 aliphatic heterocycles. The van der Waals surface area contributed by atoms with Gasteiger partial charge in [-0.15, -0.1) is 0 Å². The molecular formula is C17H20N6O3S. The number of rotatable bonds is 6. The van der Waals surface area contributed by atoms with Gasteiger partial charge in [-0.1, -0.05) is 19.1 Å². The standard InChI is InChI=1S/C17H20N6O3S/c1-3-8-27(19)16-21-13(18)12-14(22-16)23(17(25)20-12)9-10-4-6-11(7-5-10)15(24)26-2/h4-7,19H,3,8-9H2,1-2H3,(H,20,25)(H2,18,21,22). The number of methoxy groups -OCH3 is 1. The molecule has 0 saturated heterocycles. The molecule has 142 valence electrons. The molecular weight excluding hydrogens is 368 g/mol. The van der Waals surface area contributed by atoms with Gasteiger partial charge in [-0.25, -0.2) is 19.6 Å². The first-order valence-electron chi connectivity index (χ1n) is 8.30. The monoisotopic (exact) mass is 388 g/mol. The van der Waals surface area contributed by atoms with E-state index in [1.807, 2.05) is 6.92 Å². The Labute approximate surface area is 157 Å². The number of esters is 1. The Morgan fingerprint density at radius 2 is 2.04 bits per heavy atom. The van der Waals surface area contributed by atoms with Crippen LogP contribution in [0.4, 0.5) is 5.82 Å². The van der Waals surface area contributed by atoms with Crippen LogP contribution in [0.25, 0.3) is 11.2 Å². The Kier molecular flexibility index (Phi) is 5.36. The van der Waals surface area contributed by atoms with E-state index in [0.717, 1.165) is 12.0 Å². The van der Waals surface area contributed by atoms with Crippen molar-refractivity contribution in [3.8, 4) is 0 Å². The Balaban J connectivity index is 2.01. The number of H-pyrrole nitrogens is 1. The maximum atomic E-state index is 12.4. The van der Waals surface area contributed by atoms with Crippen molar-refractivity contribution < 1.29 is 9.53 Å². The Morgan fingerprint density at radius 1 is 1.33 bits per heavy atom. The Morgan fingerprint density at radius 3 is 2.67 bits per heavy atom. The topological polar surface area (TPSA) is 140 Å². The number of hydrogen-bond donors (Lipinski definition) is 3. The minimum Gasteiger partial charge on any atom is -0.465 e. The van der Waals surface area contributed by atoms with Crippen molar-refractivity contribution >= 4 is 33.6 Å². The molecule has 0 aliphatic carbocycles. The molecule has 0 radical (unpaired) electrons. The maximum Gasteiger partial charge on any atom is 0.337 e. The van der Waals surface area contributed by atoms with Crippen LogP contribution in [-0.2, 0) is 22.0 Å². The van der Waals surface area contributed by atoms with Crippen LogP contribution in [-0.4, -0.2) is 38.4 Å². The summed E-state index contributed by atoms with van der Waals surface area (Å²) in [6.07, 6.45) is 0.834. The predicted molar refractivity (Wildman–Crippen MR) is 103 cm³/mol. The lowest BCUT2D eigenvalue weighted by molar-refractivity contribution is 0.0600. The lowest BCUT2D eigenvalue weighted by Crippen LogP contribution is -2.18. The third-order valence-electron chi connectivity index (χ3n) is 3.97. The number of nitrogens with one attached hydrogen (secondary N) is 2. The molecule has 0 bridgehead atoms. The van der Waals surface area contributed by atoms with Crippen molar-refractivity contribution in [2.75, 3.05) is 18.6 Å². The second-order valence-electron chi connectivity index (χ2n) is 5.89. The minimum atomic E-state index is -0.888. The van der Waals surface area contributed by atoms with Gasteiger partial charge < -0.3 is 15.5 Å². The third kappa shape index (κ3) is 3.75. The number of carbonyl (C=O) groups excluding carboxylic acids is 1. The summed E-state index contributed by atoms with van der Waals surface area (Å²) in [4.78, 5) is 35.2. The van der Waals surface area contributed by atoms with E-state index >= 15 is 0 Å². The molecule has 0 amide bonds. The van der Waals surface area contributed by atoms with Gasteiger partial charge in [0.2, 0.25) is 5.16 Å². The zero-order chi connectivity index (χ0) is 19.6. The van der Waals surface area contributed by atoms with Crippen molar-refractivity contribution in [2.24, 2.45) is 0 Å². The number of nitrogens with zero attached hydrogens (tertiary/aromatic N) is 3. The lowest BCUT2D eigenvalue weighted by Gasteiger charge is -2.07. The van der Waals surface area contributed by atoms with E-state index < -0.39 is 16.7 Å². The molecule has 27 heavy (non-hydrogen) atoms. The van der Waals surface area contributed by atoms with E-state index in [1.54, 1.807) is 24.3 Å². The molecule has 10 heteroatoms. The summed E-state index contributed by atoms with van der Waals surface area (Å²) in [5.74, 6) is 0.372. The Hall–Kier alpha value is -3.01. The Bertz CT molecular complexity index is 1070. The number of ether oxygens (including phenoxy) is 1. The minimum absolute atomic E-state index is 0.160. The number of fused-ring (bicyclic) bond motifs is 1. The highest BCUT2D eigenvalue weighted by Gasteiger charge is 2.16. The maximum absolute atomic E-state index is 12.4. The first-order valence-corrected chi connectivity index (χ1v) is 9.69. The molecule has 9 nitrogen and oxygen atoms in total. The number of aromatic amines is 1. The zero-order valence-electron chi connectivity index (χ0n) is 15.0. The van der Waals surface area contributed by atoms with E-state index in [-0.39, 0.29) is 18.1 Å². The number of aromatic nitrogens is 4. The van der Waals surface area contributed by atoms with E-state index in [0.29, 0.717) is 27.6 Å². The second kappa shape index (κ2) is 7.70. The summed E-state index contributed by atoms with van der Waals surface area (Å²) in [7, 11) is 0.434. The van der Waals surface area contributed by atoms with Gasteiger partial charge in [0.15, 0.2) is 11.5 Å². The van der Waals surface area contributed by atoms with Crippen LogP contribution in [0.1, 0.15) is 29.3 Å². The molecule has 3 aromatic rings. The first-order chi connectivity index (χ1) is 12.9. The molecule has 1 aromatic carbocycles. The van der Waals surface area contributed by atoms with Crippen LogP contribution in [0.3, 0.4) is 0 Å². The number of nitrogen functional groups attached to an aromatic ring is 1. The van der Waals surface area contributed by atoms with Gasteiger partial charge >= 0.3 is 11.7 Å². The smallest absolute Gasteiger partial charge is 0.337 e. The number of carbonyl (C=O) groups is 1. The predicted octanol–water partition coefficient (Wildman–Crippen LogP) is 1.69. The summed E-state index contributed by atoms with van der Waals surface area (Å²) in [6, 6.07) is 6.76. The van der Waals surface area contributed by atoms with Gasteiger partial charge in [0.1, 0.15) is 5.52 Å². The number of imidazole rings is 1. The van der Waals surface area contributed by atoms with Crippen LogP contribution < -0.4 is 11.4 Å². The molecule has 4 N–H and O–H groups in total. The number of benzene rings is 1. The van der Waals surface area contributed by atoms with Crippen molar-refractivity contribution in [1.82, 2.24) is 19.5 Å². The highest BCUT2D eigenvalue weighted by molar-refractivity contribution is 7.85. The quantitative estimate of drug-likeness (QED) is 0.434. The molecule has 1 atom stereocenters. The fraction of sp³-hybridized carbons (Fsp3) is 0.294. The van der Waals surface area contributed by atoms with E-state index in [4.69, 9.17) is 10.5 Å². The fourth-order valence-corrected chi connectivity index (χ4v) is 3.63. The largest absolute Gasteiger partial charge is 0.465 e. The first kappa shape index (κ1) is 18.8. The van der Waals surface area contributed by atoms with Crippen molar-refractivity contribution in [3.63, 3.8) is 0 Å². The average Bonchev–Trinajstić information content (AvgIpc) is 2.98. The van der Waals surface area contributed by atoms with Gasteiger partial charge in [-0.3, -0.25) is 9.35 Å². The number of nitrogens with two attached hydrogens (primary N) is 1. The molecule has 0 saturated carbocycles. The van der Waals surface area contributed by atoms with Gasteiger partial charge in [-0.05, 0) is 34.8 Å². The van der Waals surface area contributed by atoms with E-state index in [2.05, 4.69) is 19.7 Å². The van der Waals surface area contributed by atoms with Gasteiger partial charge in [0, 0.05) is 5.75 Å². The molecule has 0 fully saturated rings. The van der Waals surface area contributed by atoms with Crippen molar-refractivity contribution in [1.29, 1.82) is 4.78 Å². The summed E-state index contributed by atoms with van der Waals surface area (Å²) in [6.45, 7) is 2.23. The molecule has 2 aromatic heterocycles. The van der Waals surface area contributed by atoms with E-state index in [9.17, 15) is 9.59 Å². The normalized spacial score (nSPS) is 12.2. The molecule has 0 spiro atoms. The SMILES string of the molecule is CCCS(=N)c1nc(N)c2[nH]c(=O)n(Cc3ccc(C(=O)OC)cc3)c2n1. The molecule has 2 heterocycles. The highest BCUT2D eigenvalue weighted by Crippen LogP contribution is 2.17.